The molecule has 0 amide bonds. The zero-order chi connectivity index (χ0) is 16.9. The van der Waals surface area contributed by atoms with Gasteiger partial charge in [0.15, 0.2) is 0 Å². The van der Waals surface area contributed by atoms with Crippen molar-refractivity contribution in [3.63, 3.8) is 0 Å². The van der Waals surface area contributed by atoms with Gasteiger partial charge in [0.05, 0.1) is 5.92 Å². The van der Waals surface area contributed by atoms with Crippen LogP contribution in [0.2, 0.25) is 0 Å². The van der Waals surface area contributed by atoms with Gasteiger partial charge >= 0.3 is 5.97 Å². The number of hydrogen-bond acceptors (Lipinski definition) is 3. The van der Waals surface area contributed by atoms with Crippen LogP contribution in [0.5, 0.6) is 0 Å². The van der Waals surface area contributed by atoms with Crippen LogP contribution in [0.1, 0.15) is 24.8 Å². The largest absolute Gasteiger partial charge is 0.481 e. The Balaban J connectivity index is 1.80. The van der Waals surface area contributed by atoms with Crippen molar-refractivity contribution in [2.24, 2.45) is 5.92 Å². The highest BCUT2D eigenvalue weighted by Gasteiger charge is 2.31. The zero-order valence-corrected chi connectivity index (χ0v) is 13.6. The molecule has 1 saturated heterocycles. The van der Waals surface area contributed by atoms with E-state index in [9.17, 15) is 17.6 Å². The molecular weight excluding hydrogens is 323 g/mol. The molecule has 1 fully saturated rings. The van der Waals surface area contributed by atoms with Gasteiger partial charge in [-0.2, -0.15) is 12.7 Å². The van der Waals surface area contributed by atoms with E-state index in [1.165, 1.54) is 16.4 Å². The summed E-state index contributed by atoms with van der Waals surface area (Å²) in [6, 6.07) is 6.20. The molecule has 1 unspecified atom stereocenters. The number of nitrogens with one attached hydrogen (secondary N) is 1. The molecule has 1 heterocycles. The minimum atomic E-state index is -3.67. The Kier molecular flexibility index (Phi) is 6.09. The summed E-state index contributed by atoms with van der Waals surface area (Å²) >= 11 is 0. The molecule has 128 valence electrons. The Morgan fingerprint density at radius 3 is 2.91 bits per heavy atom. The average molecular weight is 344 g/mol. The van der Waals surface area contributed by atoms with Gasteiger partial charge in [-0.1, -0.05) is 12.1 Å². The molecule has 1 aliphatic rings. The van der Waals surface area contributed by atoms with E-state index in [-0.39, 0.29) is 18.9 Å². The highest BCUT2D eigenvalue weighted by atomic mass is 32.2. The fourth-order valence-electron chi connectivity index (χ4n) is 2.64. The zero-order valence-electron chi connectivity index (χ0n) is 12.7. The van der Waals surface area contributed by atoms with Crippen molar-refractivity contribution < 1.29 is 22.7 Å². The maximum Gasteiger partial charge on any atom is 0.307 e. The van der Waals surface area contributed by atoms with E-state index >= 15 is 0 Å². The normalized spacial score (nSPS) is 19.6. The molecule has 6 nitrogen and oxygen atoms in total. The monoisotopic (exact) mass is 344 g/mol. The van der Waals surface area contributed by atoms with Crippen molar-refractivity contribution in [1.82, 2.24) is 9.03 Å². The minimum Gasteiger partial charge on any atom is -0.481 e. The lowest BCUT2D eigenvalue weighted by Gasteiger charge is -2.29. The Morgan fingerprint density at radius 2 is 2.22 bits per heavy atom. The van der Waals surface area contributed by atoms with Gasteiger partial charge in [-0.3, -0.25) is 4.79 Å². The SMILES string of the molecule is O=C(O)C1CCCN(S(=O)(=O)NCCCc2cccc(F)c2)C1. The third-order valence-electron chi connectivity index (χ3n) is 3.89. The number of hydrogen-bond donors (Lipinski definition) is 2. The number of rotatable bonds is 7. The fourth-order valence-corrected chi connectivity index (χ4v) is 3.97. The number of carboxylic acid groups (broad SMARTS) is 1. The van der Waals surface area contributed by atoms with Crippen LogP contribution in [-0.2, 0) is 21.4 Å². The second kappa shape index (κ2) is 7.85. The first-order valence-electron chi connectivity index (χ1n) is 7.60. The third kappa shape index (κ3) is 5.26. The molecule has 2 N–H and O–H groups in total. The first-order valence-corrected chi connectivity index (χ1v) is 9.04. The van der Waals surface area contributed by atoms with Crippen LogP contribution in [0.25, 0.3) is 0 Å². The summed E-state index contributed by atoms with van der Waals surface area (Å²) in [5.41, 5.74) is 0.813. The van der Waals surface area contributed by atoms with Gasteiger partial charge in [0, 0.05) is 19.6 Å². The van der Waals surface area contributed by atoms with E-state index in [1.54, 1.807) is 12.1 Å². The number of aliphatic carboxylic acids is 1. The molecule has 0 spiro atoms. The minimum absolute atomic E-state index is 0.00850. The van der Waals surface area contributed by atoms with Gasteiger partial charge in [0.1, 0.15) is 5.82 Å². The summed E-state index contributed by atoms with van der Waals surface area (Å²) in [6.07, 6.45) is 2.15. The summed E-state index contributed by atoms with van der Waals surface area (Å²) in [5, 5.41) is 9.01. The van der Waals surface area contributed by atoms with Crippen LogP contribution in [-0.4, -0.2) is 43.4 Å². The summed E-state index contributed by atoms with van der Waals surface area (Å²) in [5.74, 6) is -1.92. The molecule has 1 aromatic rings. The van der Waals surface area contributed by atoms with Crippen LogP contribution in [0, 0.1) is 11.7 Å². The van der Waals surface area contributed by atoms with Crippen LogP contribution in [0.4, 0.5) is 4.39 Å². The third-order valence-corrected chi connectivity index (χ3v) is 5.47. The molecule has 0 aromatic heterocycles. The van der Waals surface area contributed by atoms with Crippen LogP contribution in [0.15, 0.2) is 24.3 Å². The van der Waals surface area contributed by atoms with E-state index < -0.39 is 22.1 Å². The van der Waals surface area contributed by atoms with Crippen molar-refractivity contribution in [2.75, 3.05) is 19.6 Å². The standard InChI is InChI=1S/C15H21FN2O4S/c16-14-7-1-4-12(10-14)5-2-8-17-23(21,22)18-9-3-6-13(11-18)15(19)20/h1,4,7,10,13,17H,2-3,5-6,8-9,11H2,(H,19,20). The lowest BCUT2D eigenvalue weighted by molar-refractivity contribution is -0.142. The van der Waals surface area contributed by atoms with Crippen molar-refractivity contribution in [2.45, 2.75) is 25.7 Å². The molecule has 8 heteroatoms. The maximum atomic E-state index is 13.0. The Hall–Kier alpha value is -1.51. The molecule has 23 heavy (non-hydrogen) atoms. The average Bonchev–Trinajstić information content (AvgIpc) is 2.52. The Morgan fingerprint density at radius 1 is 1.43 bits per heavy atom. The van der Waals surface area contributed by atoms with Crippen LogP contribution >= 0.6 is 0 Å². The number of carboxylic acids is 1. The molecule has 2 rings (SSSR count). The van der Waals surface area contributed by atoms with Gasteiger partial charge in [-0.25, -0.2) is 9.11 Å². The van der Waals surface area contributed by atoms with Crippen LogP contribution < -0.4 is 4.72 Å². The van der Waals surface area contributed by atoms with Crippen molar-refractivity contribution in [1.29, 1.82) is 0 Å². The summed E-state index contributed by atoms with van der Waals surface area (Å²) < 4.78 is 41.1. The highest BCUT2D eigenvalue weighted by Crippen LogP contribution is 2.18. The van der Waals surface area contributed by atoms with E-state index in [0.29, 0.717) is 32.2 Å². The van der Waals surface area contributed by atoms with E-state index in [4.69, 9.17) is 5.11 Å². The van der Waals surface area contributed by atoms with E-state index in [2.05, 4.69) is 4.72 Å². The topological polar surface area (TPSA) is 86.7 Å². The lowest BCUT2D eigenvalue weighted by atomic mass is 10.0. The summed E-state index contributed by atoms with van der Waals surface area (Å²) in [6.45, 7) is 0.574. The first-order chi connectivity index (χ1) is 10.9. The molecule has 0 saturated carbocycles. The van der Waals surface area contributed by atoms with Crippen molar-refractivity contribution in [3.8, 4) is 0 Å². The van der Waals surface area contributed by atoms with Gasteiger partial charge < -0.3 is 5.11 Å². The Labute approximate surface area is 135 Å². The second-order valence-corrected chi connectivity index (χ2v) is 7.42. The van der Waals surface area contributed by atoms with Gasteiger partial charge in [0.2, 0.25) is 0 Å². The summed E-state index contributed by atoms with van der Waals surface area (Å²) in [7, 11) is -3.67. The highest BCUT2D eigenvalue weighted by molar-refractivity contribution is 7.87. The molecule has 0 bridgehead atoms. The number of benzene rings is 1. The van der Waals surface area contributed by atoms with Gasteiger partial charge in [-0.15, -0.1) is 0 Å². The molecule has 0 aliphatic carbocycles. The van der Waals surface area contributed by atoms with Crippen molar-refractivity contribution >= 4 is 16.2 Å². The summed E-state index contributed by atoms with van der Waals surface area (Å²) in [4.78, 5) is 11.0. The Bertz CT molecular complexity index is 651. The number of aryl methyl sites for hydroxylation is 1. The molecule has 1 aliphatic heterocycles. The first kappa shape index (κ1) is 17.8. The lowest BCUT2D eigenvalue weighted by Crippen LogP contribution is -2.47. The molecule has 1 aromatic carbocycles. The molecular formula is C15H21FN2O4S. The fraction of sp³-hybridized carbons (Fsp3) is 0.533. The predicted octanol–water partition coefficient (Wildman–Crippen LogP) is 1.39. The number of nitrogens with zero attached hydrogens (tertiary/aromatic N) is 1. The van der Waals surface area contributed by atoms with Gasteiger partial charge in [-0.05, 0) is 43.4 Å². The number of piperidine rings is 1. The van der Waals surface area contributed by atoms with E-state index in [0.717, 1.165) is 5.56 Å². The van der Waals surface area contributed by atoms with Crippen molar-refractivity contribution in [3.05, 3.63) is 35.6 Å². The number of carbonyl (C=O) groups is 1. The smallest absolute Gasteiger partial charge is 0.307 e. The maximum absolute atomic E-state index is 13.0. The predicted molar refractivity (Wildman–Crippen MR) is 83.6 cm³/mol. The van der Waals surface area contributed by atoms with Gasteiger partial charge in [0.25, 0.3) is 10.2 Å². The van der Waals surface area contributed by atoms with E-state index in [1.807, 2.05) is 0 Å². The second-order valence-electron chi connectivity index (χ2n) is 5.67. The van der Waals surface area contributed by atoms with Crippen LogP contribution in [0.3, 0.4) is 0 Å². The quantitative estimate of drug-likeness (QED) is 0.732. The molecule has 0 radical (unpaired) electrons. The molecule has 1 atom stereocenters. The number of halogens is 1.